The monoisotopic (exact) mass is 406 g/mol. The fourth-order valence-corrected chi connectivity index (χ4v) is 5.66. The number of pyridine rings is 1. The summed E-state index contributed by atoms with van der Waals surface area (Å²) >= 11 is 0. The Morgan fingerprint density at radius 1 is 1.17 bits per heavy atom. The first-order chi connectivity index (χ1) is 14.6. The Morgan fingerprint density at radius 2 is 2.00 bits per heavy atom. The second-order valence-electron chi connectivity index (χ2n) is 8.66. The predicted molar refractivity (Wildman–Crippen MR) is 109 cm³/mol. The van der Waals surface area contributed by atoms with Crippen molar-refractivity contribution in [2.24, 2.45) is 11.8 Å². The van der Waals surface area contributed by atoms with E-state index in [9.17, 15) is 9.59 Å². The molecule has 30 heavy (non-hydrogen) atoms. The summed E-state index contributed by atoms with van der Waals surface area (Å²) in [5.74, 6) is 0.559. The van der Waals surface area contributed by atoms with Crippen molar-refractivity contribution in [3.8, 4) is 0 Å². The van der Waals surface area contributed by atoms with Crippen LogP contribution in [0.1, 0.15) is 28.9 Å². The molecule has 5 heterocycles. The van der Waals surface area contributed by atoms with E-state index in [0.29, 0.717) is 24.7 Å². The van der Waals surface area contributed by atoms with E-state index < -0.39 is 0 Å². The van der Waals surface area contributed by atoms with E-state index in [-0.39, 0.29) is 23.3 Å². The molecule has 2 amide bonds. The zero-order chi connectivity index (χ0) is 20.7. The van der Waals surface area contributed by atoms with Gasteiger partial charge in [0.1, 0.15) is 12.0 Å². The summed E-state index contributed by atoms with van der Waals surface area (Å²) in [7, 11) is 1.95. The average molecular weight is 406 g/mol. The first kappa shape index (κ1) is 19.1. The molecule has 0 aromatic carbocycles. The molecule has 3 saturated heterocycles. The van der Waals surface area contributed by atoms with Gasteiger partial charge in [-0.15, -0.1) is 0 Å². The molecule has 2 aromatic rings. The highest BCUT2D eigenvalue weighted by atomic mass is 16.2. The fraction of sp³-hybridized carbons (Fsp3) is 0.500. The van der Waals surface area contributed by atoms with Crippen molar-refractivity contribution in [1.29, 1.82) is 0 Å². The zero-order valence-electron chi connectivity index (χ0n) is 17.1. The molecule has 2 aromatic heterocycles. The molecule has 8 heteroatoms. The maximum absolute atomic E-state index is 13.1. The van der Waals surface area contributed by atoms with Gasteiger partial charge in [-0.1, -0.05) is 6.07 Å². The Morgan fingerprint density at radius 3 is 2.70 bits per heavy atom. The zero-order valence-corrected chi connectivity index (χ0v) is 17.1. The maximum atomic E-state index is 13.1. The van der Waals surface area contributed by atoms with E-state index in [0.717, 1.165) is 32.5 Å². The minimum absolute atomic E-state index is 0.0517. The molecule has 5 rings (SSSR count). The molecule has 1 spiro atoms. The van der Waals surface area contributed by atoms with Gasteiger partial charge in [0.05, 0.1) is 11.5 Å². The number of hydrogen-bond donors (Lipinski definition) is 0. The van der Waals surface area contributed by atoms with Crippen LogP contribution in [-0.2, 0) is 11.3 Å². The summed E-state index contributed by atoms with van der Waals surface area (Å²) in [5.41, 5.74) is 1.45. The molecule has 0 saturated carbocycles. The number of rotatable bonds is 3. The lowest BCUT2D eigenvalue weighted by atomic mass is 9.75. The van der Waals surface area contributed by atoms with Crippen molar-refractivity contribution in [1.82, 2.24) is 29.7 Å². The van der Waals surface area contributed by atoms with Crippen LogP contribution < -0.4 is 0 Å². The molecule has 0 N–H and O–H groups in total. The number of likely N-dealkylation sites (tertiary alicyclic amines) is 3. The minimum atomic E-state index is -0.159. The quantitative estimate of drug-likeness (QED) is 0.758. The van der Waals surface area contributed by atoms with E-state index in [1.165, 1.54) is 11.9 Å². The Hall–Kier alpha value is -2.87. The summed E-state index contributed by atoms with van der Waals surface area (Å²) in [6.45, 7) is 3.83. The highest BCUT2D eigenvalue weighted by Crippen LogP contribution is 2.49. The molecule has 8 nitrogen and oxygen atoms in total. The Balaban J connectivity index is 1.30. The Bertz CT molecular complexity index is 929. The van der Waals surface area contributed by atoms with Gasteiger partial charge in [-0.3, -0.25) is 19.5 Å². The van der Waals surface area contributed by atoms with Crippen LogP contribution in [0.3, 0.4) is 0 Å². The summed E-state index contributed by atoms with van der Waals surface area (Å²) < 4.78 is 0. The highest BCUT2D eigenvalue weighted by molar-refractivity contribution is 5.92. The number of carbonyl (C=O) groups excluding carboxylic acids is 2. The average Bonchev–Trinajstić information content (AvgIpc) is 3.29. The number of piperidine rings is 1. The van der Waals surface area contributed by atoms with Crippen LogP contribution in [0.4, 0.5) is 0 Å². The lowest BCUT2D eigenvalue weighted by Crippen LogP contribution is -2.56. The number of nitrogens with zero attached hydrogens (tertiary/aromatic N) is 6. The third-order valence-electron chi connectivity index (χ3n) is 7.25. The van der Waals surface area contributed by atoms with Crippen LogP contribution in [0, 0.1) is 11.8 Å². The van der Waals surface area contributed by atoms with Crippen molar-refractivity contribution in [3.63, 3.8) is 0 Å². The Labute approximate surface area is 175 Å². The molecule has 2 atom stereocenters. The van der Waals surface area contributed by atoms with Gasteiger partial charge in [0.25, 0.3) is 5.91 Å². The summed E-state index contributed by atoms with van der Waals surface area (Å²) in [4.78, 5) is 44.3. The van der Waals surface area contributed by atoms with E-state index in [1.807, 2.05) is 29.1 Å². The van der Waals surface area contributed by atoms with Gasteiger partial charge in [0.2, 0.25) is 5.91 Å². The van der Waals surface area contributed by atoms with E-state index in [4.69, 9.17) is 0 Å². The molecule has 3 fully saturated rings. The van der Waals surface area contributed by atoms with Gasteiger partial charge in [-0.25, -0.2) is 9.97 Å². The van der Waals surface area contributed by atoms with Crippen LogP contribution in [0.5, 0.6) is 0 Å². The topological polar surface area (TPSA) is 82.5 Å². The third kappa shape index (κ3) is 3.06. The standard InChI is InChI=1S/C22H26N6O2/c1-26-20(29)17-13-27(12-16-3-2-7-23-11-16)14-18(17)22(26)5-9-28(10-6-22)21(30)19-4-8-24-15-25-19/h2-4,7-8,11,15,17-18H,5-6,9-10,12-14H2,1H3/t17-,18+/m1/s1. The normalized spacial score (nSPS) is 25.7. The summed E-state index contributed by atoms with van der Waals surface area (Å²) in [5, 5.41) is 0. The van der Waals surface area contributed by atoms with Gasteiger partial charge in [0.15, 0.2) is 0 Å². The molecular formula is C22H26N6O2. The van der Waals surface area contributed by atoms with Gasteiger partial charge >= 0.3 is 0 Å². The number of aromatic nitrogens is 3. The summed E-state index contributed by atoms with van der Waals surface area (Å²) in [6, 6.07) is 5.69. The maximum Gasteiger partial charge on any atom is 0.272 e. The van der Waals surface area contributed by atoms with Crippen molar-refractivity contribution in [2.75, 3.05) is 33.2 Å². The number of carbonyl (C=O) groups is 2. The van der Waals surface area contributed by atoms with Gasteiger partial charge < -0.3 is 9.80 Å². The van der Waals surface area contributed by atoms with Crippen molar-refractivity contribution >= 4 is 11.8 Å². The van der Waals surface area contributed by atoms with Gasteiger partial charge in [0, 0.05) is 64.3 Å². The predicted octanol–water partition coefficient (Wildman–Crippen LogP) is 1.07. The van der Waals surface area contributed by atoms with Crippen LogP contribution in [0.2, 0.25) is 0 Å². The van der Waals surface area contributed by atoms with Crippen LogP contribution in [-0.4, -0.2) is 80.2 Å². The first-order valence-electron chi connectivity index (χ1n) is 10.5. The molecular weight excluding hydrogens is 380 g/mol. The van der Waals surface area contributed by atoms with Crippen molar-refractivity contribution < 1.29 is 9.59 Å². The van der Waals surface area contributed by atoms with Gasteiger partial charge in [-0.2, -0.15) is 0 Å². The highest BCUT2D eigenvalue weighted by Gasteiger charge is 2.60. The molecule has 0 radical (unpaired) electrons. The number of amides is 2. The molecule has 0 unspecified atom stereocenters. The fourth-order valence-electron chi connectivity index (χ4n) is 5.66. The lowest BCUT2D eigenvalue weighted by molar-refractivity contribution is -0.133. The third-order valence-corrected chi connectivity index (χ3v) is 7.25. The number of fused-ring (bicyclic) bond motifs is 2. The van der Waals surface area contributed by atoms with Crippen LogP contribution in [0.15, 0.2) is 43.1 Å². The second-order valence-corrected chi connectivity index (χ2v) is 8.66. The Kier molecular flexibility index (Phi) is 4.73. The van der Waals surface area contributed by atoms with Crippen molar-refractivity contribution in [3.05, 3.63) is 54.4 Å². The van der Waals surface area contributed by atoms with Crippen LogP contribution >= 0.6 is 0 Å². The minimum Gasteiger partial charge on any atom is -0.339 e. The molecule has 3 aliphatic rings. The van der Waals surface area contributed by atoms with E-state index >= 15 is 0 Å². The molecule has 0 bridgehead atoms. The SMILES string of the molecule is CN1C(=O)[C@@H]2CN(Cc3cccnc3)C[C@@H]2C12CCN(C(=O)c1ccncn1)CC2. The molecule has 0 aliphatic carbocycles. The smallest absolute Gasteiger partial charge is 0.272 e. The van der Waals surface area contributed by atoms with E-state index in [2.05, 4.69) is 25.9 Å². The largest absolute Gasteiger partial charge is 0.339 e. The van der Waals surface area contributed by atoms with Crippen molar-refractivity contribution in [2.45, 2.75) is 24.9 Å². The van der Waals surface area contributed by atoms with Crippen LogP contribution in [0.25, 0.3) is 0 Å². The second kappa shape index (κ2) is 7.43. The first-order valence-corrected chi connectivity index (χ1v) is 10.5. The lowest BCUT2D eigenvalue weighted by Gasteiger charge is -2.46. The molecule has 156 valence electrons. The number of hydrogen-bond acceptors (Lipinski definition) is 6. The van der Waals surface area contributed by atoms with Gasteiger partial charge in [-0.05, 0) is 30.5 Å². The van der Waals surface area contributed by atoms with E-state index in [1.54, 1.807) is 18.5 Å². The molecule has 3 aliphatic heterocycles. The summed E-state index contributed by atoms with van der Waals surface area (Å²) in [6.07, 6.45) is 8.31.